The van der Waals surface area contributed by atoms with Crippen molar-refractivity contribution in [1.82, 2.24) is 5.32 Å². The highest BCUT2D eigenvalue weighted by atomic mass is 19.3. The molecule has 1 atom stereocenters. The molecule has 0 aliphatic heterocycles. The smallest absolute Gasteiger partial charge is 0.387 e. The summed E-state index contributed by atoms with van der Waals surface area (Å²) in [6, 6.07) is 9.73. The van der Waals surface area contributed by atoms with Crippen molar-refractivity contribution in [2.24, 2.45) is 0 Å². The summed E-state index contributed by atoms with van der Waals surface area (Å²) in [4.78, 5) is 22.8. The molecule has 1 N–H and O–H groups in total. The molecule has 8 heteroatoms. The number of nitrogens with one attached hydrogen (secondary N) is 1. The monoisotopic (exact) mass is 364 g/mol. The maximum atomic E-state index is 12.6. The first-order valence-electron chi connectivity index (χ1n) is 7.93. The van der Waals surface area contributed by atoms with Crippen LogP contribution in [0.5, 0.6) is 5.75 Å². The molecule has 0 aliphatic rings. The average Bonchev–Trinajstić information content (AvgIpc) is 2.59. The Kier molecular flexibility index (Phi) is 6.21. The van der Waals surface area contributed by atoms with E-state index in [-0.39, 0.29) is 17.0 Å². The molecule has 2 aromatic rings. The van der Waals surface area contributed by atoms with Gasteiger partial charge >= 0.3 is 6.61 Å². The number of benzene rings is 2. The Morgan fingerprint density at radius 2 is 1.96 bits per heavy atom. The molecule has 0 bridgehead atoms. The summed E-state index contributed by atoms with van der Waals surface area (Å²) in [7, 11) is 0. The van der Waals surface area contributed by atoms with Crippen LogP contribution in [-0.2, 0) is 0 Å². The van der Waals surface area contributed by atoms with Gasteiger partial charge in [-0.25, -0.2) is 0 Å². The van der Waals surface area contributed by atoms with Gasteiger partial charge in [0.05, 0.1) is 11.0 Å². The predicted molar refractivity (Wildman–Crippen MR) is 91.4 cm³/mol. The summed E-state index contributed by atoms with van der Waals surface area (Å²) >= 11 is 0. The Hall–Kier alpha value is -3.03. The lowest BCUT2D eigenvalue weighted by molar-refractivity contribution is -0.385. The van der Waals surface area contributed by atoms with Crippen LogP contribution in [0.1, 0.15) is 40.9 Å². The van der Waals surface area contributed by atoms with Gasteiger partial charge in [-0.2, -0.15) is 8.78 Å². The number of nitro benzene ring substituents is 1. The van der Waals surface area contributed by atoms with Gasteiger partial charge in [0, 0.05) is 22.8 Å². The molecule has 138 valence electrons. The van der Waals surface area contributed by atoms with Crippen molar-refractivity contribution < 1.29 is 23.2 Å². The van der Waals surface area contributed by atoms with Gasteiger partial charge in [-0.15, -0.1) is 0 Å². The summed E-state index contributed by atoms with van der Waals surface area (Å²) in [5.41, 5.74) is 0.961. The maximum Gasteiger partial charge on any atom is 0.387 e. The first-order chi connectivity index (χ1) is 12.3. The third-order valence-electron chi connectivity index (χ3n) is 3.88. The fourth-order valence-corrected chi connectivity index (χ4v) is 2.61. The third-order valence-corrected chi connectivity index (χ3v) is 3.88. The van der Waals surface area contributed by atoms with E-state index in [0.717, 1.165) is 0 Å². The summed E-state index contributed by atoms with van der Waals surface area (Å²) in [5.74, 6) is -0.462. The lowest BCUT2D eigenvalue weighted by atomic mass is 10.0. The highest BCUT2D eigenvalue weighted by Crippen LogP contribution is 2.29. The Morgan fingerprint density at radius 3 is 2.54 bits per heavy atom. The number of amides is 1. The molecule has 0 fully saturated rings. The second-order valence-corrected chi connectivity index (χ2v) is 5.61. The first kappa shape index (κ1) is 19.3. The van der Waals surface area contributed by atoms with E-state index in [2.05, 4.69) is 10.1 Å². The van der Waals surface area contributed by atoms with Crippen LogP contribution in [0, 0.1) is 17.0 Å². The lowest BCUT2D eigenvalue weighted by Crippen LogP contribution is -2.28. The fraction of sp³-hybridized carbons (Fsp3) is 0.278. The molecule has 0 heterocycles. The van der Waals surface area contributed by atoms with Gasteiger partial charge in [-0.3, -0.25) is 14.9 Å². The normalized spacial score (nSPS) is 11.9. The second kappa shape index (κ2) is 8.37. The Bertz CT molecular complexity index is 812. The minimum absolute atomic E-state index is 0.00506. The van der Waals surface area contributed by atoms with Crippen molar-refractivity contribution in [3.05, 3.63) is 69.3 Å². The molecule has 0 aromatic heterocycles. The van der Waals surface area contributed by atoms with E-state index < -0.39 is 23.5 Å². The van der Waals surface area contributed by atoms with Gasteiger partial charge < -0.3 is 10.1 Å². The Balaban J connectivity index is 2.24. The van der Waals surface area contributed by atoms with E-state index >= 15 is 0 Å². The van der Waals surface area contributed by atoms with Gasteiger partial charge in [0.25, 0.3) is 11.6 Å². The van der Waals surface area contributed by atoms with Crippen molar-refractivity contribution in [3.63, 3.8) is 0 Å². The molecule has 2 rings (SSSR count). The summed E-state index contributed by atoms with van der Waals surface area (Å²) in [6.07, 6.45) is 0.446. The number of aryl methyl sites for hydroxylation is 1. The predicted octanol–water partition coefficient (Wildman–Crippen LogP) is 4.39. The van der Waals surface area contributed by atoms with Crippen molar-refractivity contribution >= 4 is 11.6 Å². The number of rotatable bonds is 7. The second-order valence-electron chi connectivity index (χ2n) is 5.61. The summed E-state index contributed by atoms with van der Waals surface area (Å²) in [5, 5.41) is 13.6. The van der Waals surface area contributed by atoms with Crippen LogP contribution in [-0.4, -0.2) is 17.4 Å². The number of para-hydroxylation sites is 1. The van der Waals surface area contributed by atoms with Crippen LogP contribution in [0.4, 0.5) is 14.5 Å². The Labute approximate surface area is 148 Å². The van der Waals surface area contributed by atoms with Gasteiger partial charge in [0.2, 0.25) is 0 Å². The Morgan fingerprint density at radius 1 is 1.27 bits per heavy atom. The molecule has 0 aliphatic carbocycles. The minimum Gasteiger partial charge on any atom is -0.434 e. The molecule has 1 amide bonds. The van der Waals surface area contributed by atoms with Crippen LogP contribution in [0.15, 0.2) is 42.5 Å². The number of hydrogen-bond acceptors (Lipinski definition) is 4. The number of ether oxygens (including phenoxy) is 1. The van der Waals surface area contributed by atoms with Crippen LogP contribution in [0.2, 0.25) is 0 Å². The standard InChI is InChI=1S/C18H18F2N2O4/c1-3-14(13-6-4-5-7-16(13)26-18(19)20)21-17(23)12-8-9-15(22(24)25)11(2)10-12/h4-10,14,18H,3H2,1-2H3,(H,21,23). The molecular formula is C18H18F2N2O4. The maximum absolute atomic E-state index is 12.6. The number of nitro groups is 1. The van der Waals surface area contributed by atoms with E-state index in [1.165, 1.54) is 31.2 Å². The molecule has 1 unspecified atom stereocenters. The number of alkyl halides is 2. The first-order valence-corrected chi connectivity index (χ1v) is 7.93. The van der Waals surface area contributed by atoms with Gasteiger partial charge in [-0.05, 0) is 31.5 Å². The van der Waals surface area contributed by atoms with E-state index in [9.17, 15) is 23.7 Å². The van der Waals surface area contributed by atoms with Crippen molar-refractivity contribution in [1.29, 1.82) is 0 Å². The zero-order valence-corrected chi connectivity index (χ0v) is 14.2. The number of halogens is 2. The van der Waals surface area contributed by atoms with Gasteiger partial charge in [-0.1, -0.05) is 25.1 Å². The third kappa shape index (κ3) is 4.53. The number of nitrogens with zero attached hydrogens (tertiary/aromatic N) is 1. The van der Waals surface area contributed by atoms with E-state index in [4.69, 9.17) is 0 Å². The number of carbonyl (C=O) groups is 1. The fourth-order valence-electron chi connectivity index (χ4n) is 2.61. The summed E-state index contributed by atoms with van der Waals surface area (Å²) < 4.78 is 29.7. The zero-order chi connectivity index (χ0) is 19.3. The topological polar surface area (TPSA) is 81.5 Å². The molecule has 0 spiro atoms. The highest BCUT2D eigenvalue weighted by molar-refractivity contribution is 5.95. The molecular weight excluding hydrogens is 346 g/mol. The van der Waals surface area contributed by atoms with Crippen LogP contribution in [0.25, 0.3) is 0 Å². The van der Waals surface area contributed by atoms with Crippen LogP contribution < -0.4 is 10.1 Å². The van der Waals surface area contributed by atoms with Gasteiger partial charge in [0.15, 0.2) is 0 Å². The van der Waals surface area contributed by atoms with Crippen molar-refractivity contribution in [2.45, 2.75) is 32.9 Å². The number of carbonyl (C=O) groups excluding carboxylic acids is 1. The minimum atomic E-state index is -2.97. The van der Waals surface area contributed by atoms with Crippen LogP contribution >= 0.6 is 0 Å². The molecule has 2 aromatic carbocycles. The number of hydrogen-bond donors (Lipinski definition) is 1. The lowest BCUT2D eigenvalue weighted by Gasteiger charge is -2.20. The van der Waals surface area contributed by atoms with Crippen LogP contribution in [0.3, 0.4) is 0 Å². The van der Waals surface area contributed by atoms with E-state index in [1.807, 2.05) is 0 Å². The average molecular weight is 364 g/mol. The van der Waals surface area contributed by atoms with Crippen molar-refractivity contribution in [3.8, 4) is 5.75 Å². The molecule has 0 radical (unpaired) electrons. The quantitative estimate of drug-likeness (QED) is 0.584. The summed E-state index contributed by atoms with van der Waals surface area (Å²) in [6.45, 7) is 0.366. The largest absolute Gasteiger partial charge is 0.434 e. The molecule has 6 nitrogen and oxygen atoms in total. The SMILES string of the molecule is CCC(NC(=O)c1ccc([N+](=O)[O-])c(C)c1)c1ccccc1OC(F)F. The van der Waals surface area contributed by atoms with E-state index in [0.29, 0.717) is 17.5 Å². The van der Waals surface area contributed by atoms with Crippen molar-refractivity contribution in [2.75, 3.05) is 0 Å². The molecule has 0 saturated carbocycles. The molecule has 0 saturated heterocycles. The van der Waals surface area contributed by atoms with Gasteiger partial charge in [0.1, 0.15) is 5.75 Å². The van der Waals surface area contributed by atoms with E-state index in [1.54, 1.807) is 25.1 Å². The molecule has 26 heavy (non-hydrogen) atoms. The zero-order valence-electron chi connectivity index (χ0n) is 14.2. The highest BCUT2D eigenvalue weighted by Gasteiger charge is 2.20.